The third-order valence-corrected chi connectivity index (χ3v) is 11.2. The Balaban J connectivity index is 1.12. The second-order valence-corrected chi connectivity index (χ2v) is 14.5. The van der Waals surface area contributed by atoms with Gasteiger partial charge in [-0.2, -0.15) is 0 Å². The van der Waals surface area contributed by atoms with Crippen molar-refractivity contribution in [3.63, 3.8) is 0 Å². The number of allylic oxidation sites excluding steroid dienone is 4. The van der Waals surface area contributed by atoms with Crippen LogP contribution in [0.2, 0.25) is 0 Å². The van der Waals surface area contributed by atoms with Crippen LogP contribution in [-0.4, -0.2) is 19.1 Å². The summed E-state index contributed by atoms with van der Waals surface area (Å²) in [5.41, 5.74) is 14.5. The van der Waals surface area contributed by atoms with E-state index in [1.807, 2.05) is 0 Å². The van der Waals surface area contributed by atoms with Crippen LogP contribution in [0, 0.1) is 0 Å². The summed E-state index contributed by atoms with van der Waals surface area (Å²) in [4.78, 5) is 10.6. The SMILES string of the molecule is C1=C(c2nc(-c3ccccc3)cc(-c3ccc(-c4ccccc4)cc3)n2)CCC=C1n1c2ccccc2c2ccc3c4ccccc4n(-c4ccccc4)c3c21. The molecule has 10 aromatic rings. The van der Waals surface area contributed by atoms with Crippen LogP contribution < -0.4 is 0 Å². The Kier molecular flexibility index (Phi) is 7.59. The van der Waals surface area contributed by atoms with Crippen molar-refractivity contribution in [1.82, 2.24) is 19.1 Å². The molecule has 3 heterocycles. The van der Waals surface area contributed by atoms with E-state index in [-0.39, 0.29) is 0 Å². The van der Waals surface area contributed by atoms with E-state index in [1.54, 1.807) is 0 Å². The Hall–Kier alpha value is -7.30. The summed E-state index contributed by atoms with van der Waals surface area (Å²) in [6.45, 7) is 0. The Labute approximate surface area is 325 Å². The zero-order chi connectivity index (χ0) is 37.0. The molecule has 3 aromatic heterocycles. The Bertz CT molecular complexity index is 3150. The highest BCUT2D eigenvalue weighted by molar-refractivity contribution is 6.24. The Morgan fingerprint density at radius 2 is 0.893 bits per heavy atom. The molecule has 0 saturated carbocycles. The summed E-state index contributed by atoms with van der Waals surface area (Å²) in [6.07, 6.45) is 6.45. The zero-order valence-corrected chi connectivity index (χ0v) is 30.7. The van der Waals surface area contributed by atoms with Gasteiger partial charge < -0.3 is 9.13 Å². The van der Waals surface area contributed by atoms with Gasteiger partial charge in [0.1, 0.15) is 0 Å². The molecule has 11 rings (SSSR count). The lowest BCUT2D eigenvalue weighted by atomic mass is 9.99. The minimum Gasteiger partial charge on any atom is -0.307 e. The summed E-state index contributed by atoms with van der Waals surface area (Å²) in [6, 6.07) is 64.8. The largest absolute Gasteiger partial charge is 0.307 e. The molecule has 4 heteroatoms. The van der Waals surface area contributed by atoms with E-state index < -0.39 is 0 Å². The lowest BCUT2D eigenvalue weighted by Gasteiger charge is -2.18. The summed E-state index contributed by atoms with van der Waals surface area (Å²) < 4.78 is 4.92. The highest BCUT2D eigenvalue weighted by atomic mass is 15.0. The molecule has 0 unspecified atom stereocenters. The van der Waals surface area contributed by atoms with Gasteiger partial charge >= 0.3 is 0 Å². The van der Waals surface area contributed by atoms with E-state index in [1.165, 1.54) is 54.7 Å². The zero-order valence-electron chi connectivity index (χ0n) is 30.7. The summed E-state index contributed by atoms with van der Waals surface area (Å²) in [5.74, 6) is 0.767. The van der Waals surface area contributed by atoms with Gasteiger partial charge in [-0.25, -0.2) is 9.97 Å². The quantitative estimate of drug-likeness (QED) is 0.172. The average molecular weight is 717 g/mol. The van der Waals surface area contributed by atoms with E-state index in [0.29, 0.717) is 0 Å². The van der Waals surface area contributed by atoms with Crippen LogP contribution in [0.1, 0.15) is 18.7 Å². The van der Waals surface area contributed by atoms with Gasteiger partial charge in [-0.05, 0) is 65.9 Å². The molecule has 0 amide bonds. The molecule has 7 aromatic carbocycles. The lowest BCUT2D eigenvalue weighted by molar-refractivity contribution is 0.997. The van der Waals surface area contributed by atoms with Crippen molar-refractivity contribution in [3.8, 4) is 39.3 Å². The maximum Gasteiger partial charge on any atom is 0.156 e. The van der Waals surface area contributed by atoms with Gasteiger partial charge in [-0.1, -0.05) is 158 Å². The second-order valence-electron chi connectivity index (χ2n) is 14.5. The fraction of sp³-hybridized carbons (Fsp3) is 0.0385. The minimum absolute atomic E-state index is 0.767. The molecule has 0 saturated heterocycles. The van der Waals surface area contributed by atoms with E-state index in [4.69, 9.17) is 9.97 Å². The fourth-order valence-electron chi connectivity index (χ4n) is 8.59. The second kappa shape index (κ2) is 13.2. The molecule has 0 spiro atoms. The molecule has 264 valence electrons. The van der Waals surface area contributed by atoms with Gasteiger partial charge in [0.2, 0.25) is 0 Å². The number of aromatic nitrogens is 4. The predicted molar refractivity (Wildman–Crippen MR) is 234 cm³/mol. The number of benzene rings is 7. The van der Waals surface area contributed by atoms with Gasteiger partial charge in [0.25, 0.3) is 0 Å². The minimum atomic E-state index is 0.767. The van der Waals surface area contributed by atoms with Crippen LogP contribution in [0.5, 0.6) is 0 Å². The first-order valence-electron chi connectivity index (χ1n) is 19.3. The molecule has 56 heavy (non-hydrogen) atoms. The normalized spacial score (nSPS) is 13.1. The number of rotatable bonds is 6. The van der Waals surface area contributed by atoms with E-state index in [2.05, 4.69) is 203 Å². The highest BCUT2D eigenvalue weighted by Gasteiger charge is 2.23. The first-order valence-corrected chi connectivity index (χ1v) is 19.3. The van der Waals surface area contributed by atoms with Crippen LogP contribution >= 0.6 is 0 Å². The number of para-hydroxylation sites is 3. The number of hydrogen-bond acceptors (Lipinski definition) is 2. The van der Waals surface area contributed by atoms with Crippen molar-refractivity contribution < 1.29 is 0 Å². The van der Waals surface area contributed by atoms with Crippen molar-refractivity contribution >= 4 is 54.9 Å². The highest BCUT2D eigenvalue weighted by Crippen LogP contribution is 2.43. The van der Waals surface area contributed by atoms with Gasteiger partial charge in [0.15, 0.2) is 5.82 Å². The van der Waals surface area contributed by atoms with Crippen LogP contribution in [0.3, 0.4) is 0 Å². The first kappa shape index (κ1) is 32.2. The molecule has 0 radical (unpaired) electrons. The molecule has 1 aliphatic carbocycles. The topological polar surface area (TPSA) is 35.6 Å². The van der Waals surface area contributed by atoms with Gasteiger partial charge in [0, 0.05) is 44.1 Å². The monoisotopic (exact) mass is 716 g/mol. The van der Waals surface area contributed by atoms with E-state index in [0.717, 1.165) is 58.1 Å². The molecule has 4 nitrogen and oxygen atoms in total. The third kappa shape index (κ3) is 5.30. The van der Waals surface area contributed by atoms with Crippen molar-refractivity contribution in [2.75, 3.05) is 0 Å². The van der Waals surface area contributed by atoms with Crippen molar-refractivity contribution in [2.24, 2.45) is 0 Å². The van der Waals surface area contributed by atoms with Crippen LogP contribution in [0.25, 0.3) is 94.2 Å². The molecular formula is C52H36N4. The molecule has 0 fully saturated rings. The molecule has 1 aliphatic rings. The molecule has 0 aliphatic heterocycles. The number of hydrogen-bond donors (Lipinski definition) is 0. The standard InChI is InChI=1S/C52H36N4/c1-4-15-35(16-5-1)36-27-29-38(30-28-36)47-34-46(37-17-6-2-7-18-37)53-52(54-47)39-19-14-22-41(33-39)56-49-26-13-11-24-43(49)45-32-31-44-42-23-10-12-25-48(42)55(50(44)51(45)56)40-20-8-3-9-21-40/h1-13,15-18,20-34H,14,19H2. The van der Waals surface area contributed by atoms with E-state index >= 15 is 0 Å². The maximum atomic E-state index is 5.31. The molecular weight excluding hydrogens is 681 g/mol. The van der Waals surface area contributed by atoms with Gasteiger partial charge in [-0.3, -0.25) is 0 Å². The van der Waals surface area contributed by atoms with Crippen molar-refractivity contribution in [3.05, 3.63) is 200 Å². The number of fused-ring (bicyclic) bond motifs is 7. The van der Waals surface area contributed by atoms with Gasteiger partial charge in [-0.15, -0.1) is 0 Å². The average Bonchev–Trinajstić information content (AvgIpc) is 3.80. The fourth-order valence-corrected chi connectivity index (χ4v) is 8.59. The van der Waals surface area contributed by atoms with Crippen molar-refractivity contribution in [1.29, 1.82) is 0 Å². The Morgan fingerprint density at radius 1 is 0.411 bits per heavy atom. The third-order valence-electron chi connectivity index (χ3n) is 11.2. The Morgan fingerprint density at radius 3 is 1.54 bits per heavy atom. The molecule has 0 atom stereocenters. The van der Waals surface area contributed by atoms with Crippen LogP contribution in [-0.2, 0) is 0 Å². The first-order chi connectivity index (χ1) is 27.8. The predicted octanol–water partition coefficient (Wildman–Crippen LogP) is 13.4. The van der Waals surface area contributed by atoms with Crippen molar-refractivity contribution in [2.45, 2.75) is 12.8 Å². The van der Waals surface area contributed by atoms with E-state index in [9.17, 15) is 0 Å². The maximum absolute atomic E-state index is 5.31. The van der Waals surface area contributed by atoms with Crippen LogP contribution in [0.4, 0.5) is 0 Å². The summed E-state index contributed by atoms with van der Waals surface area (Å²) in [7, 11) is 0. The summed E-state index contributed by atoms with van der Waals surface area (Å²) in [5, 5.41) is 4.95. The van der Waals surface area contributed by atoms with Crippen LogP contribution in [0.15, 0.2) is 194 Å². The van der Waals surface area contributed by atoms with Gasteiger partial charge in [0.05, 0.1) is 33.5 Å². The smallest absolute Gasteiger partial charge is 0.156 e. The number of nitrogens with zero attached hydrogens (tertiary/aromatic N) is 4. The lowest BCUT2D eigenvalue weighted by Crippen LogP contribution is -2.05. The summed E-state index contributed by atoms with van der Waals surface area (Å²) >= 11 is 0. The molecule has 0 N–H and O–H groups in total. The molecule has 0 bridgehead atoms.